The molecule has 0 bridgehead atoms. The van der Waals surface area contributed by atoms with Gasteiger partial charge >= 0.3 is 0 Å². The SMILES string of the molecule is CCOc1ccc(N(CC(=O)N(Cc2cccc(OC)c2)C(Cc2ccccc2)C(=O)NC(C)C)S(=O)(=O)c2ccc(F)cc2)cc1. The number of carbonyl (C=O) groups excluding carboxylic acids is 2. The quantitative estimate of drug-likeness (QED) is 0.178. The maximum Gasteiger partial charge on any atom is 0.264 e. The molecule has 0 heterocycles. The number of rotatable bonds is 15. The van der Waals surface area contributed by atoms with E-state index in [0.29, 0.717) is 23.7 Å². The Kier molecular flexibility index (Phi) is 12.0. The van der Waals surface area contributed by atoms with Crippen LogP contribution >= 0.6 is 0 Å². The van der Waals surface area contributed by atoms with Gasteiger partial charge in [-0.25, -0.2) is 12.8 Å². The molecule has 4 aromatic rings. The van der Waals surface area contributed by atoms with E-state index in [1.165, 1.54) is 12.0 Å². The number of halogens is 1. The molecule has 9 nitrogen and oxygen atoms in total. The zero-order valence-corrected chi connectivity index (χ0v) is 27.7. The first-order valence-electron chi connectivity index (χ1n) is 15.3. The van der Waals surface area contributed by atoms with Gasteiger partial charge in [0.05, 0.1) is 24.3 Å². The van der Waals surface area contributed by atoms with Gasteiger partial charge in [-0.2, -0.15) is 0 Å². The number of amides is 2. The fraction of sp³-hybridized carbons (Fsp3) is 0.278. The zero-order chi connectivity index (χ0) is 34.0. The average Bonchev–Trinajstić information content (AvgIpc) is 3.06. The molecule has 4 aromatic carbocycles. The maximum atomic E-state index is 14.5. The van der Waals surface area contributed by atoms with E-state index >= 15 is 0 Å². The van der Waals surface area contributed by atoms with Gasteiger partial charge in [-0.15, -0.1) is 0 Å². The summed E-state index contributed by atoms with van der Waals surface area (Å²) in [7, 11) is -2.84. The summed E-state index contributed by atoms with van der Waals surface area (Å²) < 4.78 is 53.9. The monoisotopic (exact) mass is 661 g/mol. The molecular formula is C36H40FN3O6S. The van der Waals surface area contributed by atoms with Crippen molar-refractivity contribution in [2.24, 2.45) is 0 Å². The summed E-state index contributed by atoms with van der Waals surface area (Å²) in [5.41, 5.74) is 1.70. The Morgan fingerprint density at radius 3 is 2.13 bits per heavy atom. The Labute approximate surface area is 276 Å². The summed E-state index contributed by atoms with van der Waals surface area (Å²) >= 11 is 0. The highest BCUT2D eigenvalue weighted by Crippen LogP contribution is 2.27. The van der Waals surface area contributed by atoms with Gasteiger partial charge in [0.15, 0.2) is 0 Å². The third-order valence-corrected chi connectivity index (χ3v) is 9.09. The Morgan fingerprint density at radius 1 is 0.851 bits per heavy atom. The second kappa shape index (κ2) is 16.1. The summed E-state index contributed by atoms with van der Waals surface area (Å²) in [6, 6.07) is 25.9. The third kappa shape index (κ3) is 9.32. The molecular weight excluding hydrogens is 621 g/mol. The zero-order valence-electron chi connectivity index (χ0n) is 26.9. The minimum absolute atomic E-state index is 0.00718. The van der Waals surface area contributed by atoms with Gasteiger partial charge in [0.25, 0.3) is 10.0 Å². The Balaban J connectivity index is 1.81. The van der Waals surface area contributed by atoms with Crippen LogP contribution in [0.1, 0.15) is 31.9 Å². The molecule has 4 rings (SSSR count). The molecule has 248 valence electrons. The van der Waals surface area contributed by atoms with Crippen molar-refractivity contribution in [2.75, 3.05) is 24.6 Å². The lowest BCUT2D eigenvalue weighted by Gasteiger charge is -2.34. The molecule has 0 aliphatic rings. The number of nitrogens with one attached hydrogen (secondary N) is 1. The Hall–Kier alpha value is -4.90. The van der Waals surface area contributed by atoms with E-state index in [2.05, 4.69) is 5.32 Å². The summed E-state index contributed by atoms with van der Waals surface area (Å²) in [5.74, 6) is -0.510. The van der Waals surface area contributed by atoms with Crippen LogP contribution < -0.4 is 19.1 Å². The largest absolute Gasteiger partial charge is 0.497 e. The van der Waals surface area contributed by atoms with Crippen molar-refractivity contribution >= 4 is 27.5 Å². The van der Waals surface area contributed by atoms with Crippen LogP contribution in [0.2, 0.25) is 0 Å². The second-order valence-electron chi connectivity index (χ2n) is 11.1. The number of carbonyl (C=O) groups is 2. The number of nitrogens with zero attached hydrogens (tertiary/aromatic N) is 2. The van der Waals surface area contributed by atoms with E-state index < -0.39 is 34.3 Å². The van der Waals surface area contributed by atoms with E-state index in [1.807, 2.05) is 57.2 Å². The highest BCUT2D eigenvalue weighted by atomic mass is 32.2. The highest BCUT2D eigenvalue weighted by Gasteiger charge is 2.35. The van der Waals surface area contributed by atoms with Crippen molar-refractivity contribution in [1.29, 1.82) is 0 Å². The van der Waals surface area contributed by atoms with Gasteiger partial charge in [0.1, 0.15) is 29.9 Å². The van der Waals surface area contributed by atoms with Gasteiger partial charge in [-0.05, 0) is 92.6 Å². The normalized spacial score (nSPS) is 11.9. The summed E-state index contributed by atoms with van der Waals surface area (Å²) in [6.07, 6.45) is 0.183. The molecule has 2 amide bonds. The molecule has 0 saturated heterocycles. The molecule has 0 radical (unpaired) electrons. The standard InChI is InChI=1S/C36H40FN3O6S/c1-5-46-31-18-16-30(17-19-31)40(47(43,44)33-20-14-29(37)15-21-33)25-35(41)39(24-28-12-9-13-32(22-28)45-4)34(36(42)38-26(2)3)23-27-10-7-6-8-11-27/h6-22,26,34H,5,23-25H2,1-4H3,(H,38,42). The molecule has 1 atom stereocenters. The van der Waals surface area contributed by atoms with Crippen molar-refractivity contribution in [3.8, 4) is 11.5 Å². The molecule has 0 saturated carbocycles. The van der Waals surface area contributed by atoms with Crippen LogP contribution in [0.4, 0.5) is 10.1 Å². The Bertz CT molecular complexity index is 1730. The Morgan fingerprint density at radius 2 is 1.51 bits per heavy atom. The fourth-order valence-corrected chi connectivity index (χ4v) is 6.45. The molecule has 47 heavy (non-hydrogen) atoms. The molecule has 0 spiro atoms. The lowest BCUT2D eigenvalue weighted by atomic mass is 10.0. The van der Waals surface area contributed by atoms with Gasteiger partial charge < -0.3 is 19.7 Å². The van der Waals surface area contributed by atoms with E-state index in [0.717, 1.165) is 34.1 Å². The molecule has 0 aliphatic carbocycles. The first kappa shape index (κ1) is 35.0. The summed E-state index contributed by atoms with van der Waals surface area (Å²) in [4.78, 5) is 29.6. The summed E-state index contributed by atoms with van der Waals surface area (Å²) in [5, 5.41) is 2.93. The van der Waals surface area contributed by atoms with Gasteiger partial charge in [-0.1, -0.05) is 42.5 Å². The van der Waals surface area contributed by atoms with Gasteiger partial charge in [0.2, 0.25) is 11.8 Å². The van der Waals surface area contributed by atoms with Crippen molar-refractivity contribution in [3.63, 3.8) is 0 Å². The summed E-state index contributed by atoms with van der Waals surface area (Å²) in [6.45, 7) is 5.25. The topological polar surface area (TPSA) is 105 Å². The minimum atomic E-state index is -4.37. The van der Waals surface area contributed by atoms with Crippen LogP contribution in [-0.4, -0.2) is 57.5 Å². The number of hydrogen-bond acceptors (Lipinski definition) is 6. The van der Waals surface area contributed by atoms with Crippen LogP contribution in [0.3, 0.4) is 0 Å². The van der Waals surface area contributed by atoms with Gasteiger partial charge in [0, 0.05) is 19.0 Å². The first-order valence-corrected chi connectivity index (χ1v) is 16.7. The first-order chi connectivity index (χ1) is 22.5. The minimum Gasteiger partial charge on any atom is -0.497 e. The van der Waals surface area contributed by atoms with Crippen LogP contribution in [0, 0.1) is 5.82 Å². The van der Waals surface area contributed by atoms with E-state index in [1.54, 1.807) is 42.5 Å². The number of ether oxygens (including phenoxy) is 2. The van der Waals surface area contributed by atoms with E-state index in [4.69, 9.17) is 9.47 Å². The molecule has 0 aliphatic heterocycles. The van der Waals surface area contributed by atoms with Crippen LogP contribution in [0.5, 0.6) is 11.5 Å². The smallest absolute Gasteiger partial charge is 0.264 e. The van der Waals surface area contributed by atoms with Crippen molar-refractivity contribution < 1.29 is 31.9 Å². The lowest BCUT2D eigenvalue weighted by Crippen LogP contribution is -2.54. The number of methoxy groups -OCH3 is 1. The molecule has 11 heteroatoms. The van der Waals surface area contributed by atoms with Crippen molar-refractivity contribution in [2.45, 2.75) is 50.7 Å². The molecule has 0 fully saturated rings. The van der Waals surface area contributed by atoms with Crippen LogP contribution in [-0.2, 0) is 32.6 Å². The van der Waals surface area contributed by atoms with E-state index in [-0.39, 0.29) is 35.5 Å². The number of benzene rings is 4. The number of sulfonamides is 1. The predicted molar refractivity (Wildman–Crippen MR) is 179 cm³/mol. The predicted octanol–water partition coefficient (Wildman–Crippen LogP) is 5.59. The van der Waals surface area contributed by atoms with Crippen LogP contribution in [0.15, 0.2) is 108 Å². The molecule has 1 N–H and O–H groups in total. The van der Waals surface area contributed by atoms with E-state index in [9.17, 15) is 22.4 Å². The van der Waals surface area contributed by atoms with Gasteiger partial charge in [-0.3, -0.25) is 13.9 Å². The highest BCUT2D eigenvalue weighted by molar-refractivity contribution is 7.92. The number of anilines is 1. The molecule has 0 aromatic heterocycles. The fourth-order valence-electron chi connectivity index (χ4n) is 5.04. The van der Waals surface area contributed by atoms with Crippen molar-refractivity contribution in [3.05, 3.63) is 120 Å². The van der Waals surface area contributed by atoms with Crippen LogP contribution in [0.25, 0.3) is 0 Å². The maximum absolute atomic E-state index is 14.5. The van der Waals surface area contributed by atoms with Crippen molar-refractivity contribution in [1.82, 2.24) is 10.2 Å². The number of hydrogen-bond donors (Lipinski definition) is 1. The third-order valence-electron chi connectivity index (χ3n) is 7.31. The lowest BCUT2D eigenvalue weighted by molar-refractivity contribution is -0.140. The average molecular weight is 662 g/mol. The molecule has 1 unspecified atom stereocenters. The second-order valence-corrected chi connectivity index (χ2v) is 13.0.